The monoisotopic (exact) mass is 264 g/mol. The lowest BCUT2D eigenvalue weighted by atomic mass is 10.2. The summed E-state index contributed by atoms with van der Waals surface area (Å²) in [5.41, 5.74) is 0. The summed E-state index contributed by atoms with van der Waals surface area (Å²) < 4.78 is 0.583. The molecular weight excluding hydrogens is 264 g/mol. The summed E-state index contributed by atoms with van der Waals surface area (Å²) in [6.07, 6.45) is 2.47. The van der Waals surface area contributed by atoms with E-state index >= 15 is 0 Å². The SMILES string of the molecule is O=C1C=CC(=O)C(Br)=C1Br. The van der Waals surface area contributed by atoms with Gasteiger partial charge < -0.3 is 0 Å². The topological polar surface area (TPSA) is 34.1 Å². The smallest absolute Gasteiger partial charge is 0.194 e. The van der Waals surface area contributed by atoms with E-state index in [-0.39, 0.29) is 11.6 Å². The highest BCUT2D eigenvalue weighted by Crippen LogP contribution is 2.23. The third-order valence-corrected chi connectivity index (χ3v) is 3.12. The van der Waals surface area contributed by atoms with Gasteiger partial charge in [0.05, 0.1) is 8.96 Å². The molecule has 0 aliphatic heterocycles. The maximum absolute atomic E-state index is 10.8. The highest BCUT2D eigenvalue weighted by atomic mass is 79.9. The Morgan fingerprint density at radius 1 is 0.900 bits per heavy atom. The number of ketones is 2. The second kappa shape index (κ2) is 2.80. The van der Waals surface area contributed by atoms with Gasteiger partial charge in [0.1, 0.15) is 0 Å². The molecule has 0 saturated heterocycles. The van der Waals surface area contributed by atoms with Crippen molar-refractivity contribution in [1.29, 1.82) is 0 Å². The van der Waals surface area contributed by atoms with Crippen molar-refractivity contribution in [1.82, 2.24) is 0 Å². The number of rotatable bonds is 0. The molecule has 0 unspecified atom stereocenters. The van der Waals surface area contributed by atoms with E-state index in [1.165, 1.54) is 12.2 Å². The number of allylic oxidation sites excluding steroid dienone is 4. The van der Waals surface area contributed by atoms with Crippen LogP contribution in [-0.4, -0.2) is 11.6 Å². The fourth-order valence-electron chi connectivity index (χ4n) is 0.514. The number of hydrogen-bond acceptors (Lipinski definition) is 2. The highest BCUT2D eigenvalue weighted by molar-refractivity contribution is 9.14. The normalized spacial score (nSPS) is 18.6. The summed E-state index contributed by atoms with van der Waals surface area (Å²) in [6.45, 7) is 0. The van der Waals surface area contributed by atoms with Crippen LogP contribution in [0.25, 0.3) is 0 Å². The lowest BCUT2D eigenvalue weighted by Crippen LogP contribution is -2.06. The van der Waals surface area contributed by atoms with Crippen LogP contribution >= 0.6 is 31.9 Å². The molecule has 0 aromatic rings. The van der Waals surface area contributed by atoms with E-state index in [0.29, 0.717) is 8.96 Å². The minimum atomic E-state index is -0.188. The first-order chi connectivity index (χ1) is 4.63. The van der Waals surface area contributed by atoms with Crippen LogP contribution in [0.2, 0.25) is 0 Å². The molecule has 52 valence electrons. The van der Waals surface area contributed by atoms with Crippen molar-refractivity contribution >= 4 is 43.4 Å². The minimum absolute atomic E-state index is 0.188. The average molecular weight is 266 g/mol. The second-order valence-electron chi connectivity index (χ2n) is 1.69. The van der Waals surface area contributed by atoms with Gasteiger partial charge in [-0.3, -0.25) is 9.59 Å². The van der Waals surface area contributed by atoms with Crippen LogP contribution in [0.4, 0.5) is 0 Å². The summed E-state index contributed by atoms with van der Waals surface area (Å²) in [6, 6.07) is 0. The first kappa shape index (κ1) is 7.88. The quantitative estimate of drug-likeness (QED) is 0.625. The van der Waals surface area contributed by atoms with Gasteiger partial charge >= 0.3 is 0 Å². The Hall–Kier alpha value is -0.220. The van der Waals surface area contributed by atoms with Gasteiger partial charge in [0, 0.05) is 0 Å². The third-order valence-electron chi connectivity index (χ3n) is 1.01. The molecular formula is C6H2Br2O2. The van der Waals surface area contributed by atoms with E-state index in [1.54, 1.807) is 0 Å². The Bertz CT molecular complexity index is 237. The maximum atomic E-state index is 10.8. The van der Waals surface area contributed by atoms with Crippen LogP contribution in [0.1, 0.15) is 0 Å². The van der Waals surface area contributed by atoms with Crippen LogP contribution in [0.5, 0.6) is 0 Å². The number of hydrogen-bond donors (Lipinski definition) is 0. The van der Waals surface area contributed by atoms with Gasteiger partial charge in [-0.25, -0.2) is 0 Å². The van der Waals surface area contributed by atoms with Crippen molar-refractivity contribution in [2.45, 2.75) is 0 Å². The molecule has 0 spiro atoms. The zero-order valence-electron chi connectivity index (χ0n) is 4.73. The first-order valence-electron chi connectivity index (χ1n) is 2.45. The van der Waals surface area contributed by atoms with Crippen molar-refractivity contribution < 1.29 is 9.59 Å². The second-order valence-corrected chi connectivity index (χ2v) is 3.28. The lowest BCUT2D eigenvalue weighted by Gasteiger charge is -2.01. The van der Waals surface area contributed by atoms with E-state index in [1.807, 2.05) is 0 Å². The third kappa shape index (κ3) is 1.27. The molecule has 10 heavy (non-hydrogen) atoms. The highest BCUT2D eigenvalue weighted by Gasteiger charge is 2.17. The Balaban J connectivity index is 3.12. The van der Waals surface area contributed by atoms with Crippen molar-refractivity contribution in [2.75, 3.05) is 0 Å². The molecule has 0 N–H and O–H groups in total. The van der Waals surface area contributed by atoms with Gasteiger partial charge in [0.15, 0.2) is 11.6 Å². The summed E-state index contributed by atoms with van der Waals surface area (Å²) in [5, 5.41) is 0. The van der Waals surface area contributed by atoms with Gasteiger partial charge in [-0.15, -0.1) is 0 Å². The first-order valence-corrected chi connectivity index (χ1v) is 4.03. The molecule has 0 heterocycles. The number of carbonyl (C=O) groups is 2. The zero-order valence-corrected chi connectivity index (χ0v) is 7.90. The van der Waals surface area contributed by atoms with Crippen molar-refractivity contribution in [2.24, 2.45) is 0 Å². The van der Waals surface area contributed by atoms with Gasteiger partial charge in [0.25, 0.3) is 0 Å². The Kier molecular flexibility index (Phi) is 2.21. The summed E-state index contributed by atoms with van der Waals surface area (Å²) in [5.74, 6) is -0.377. The lowest BCUT2D eigenvalue weighted by molar-refractivity contribution is -0.114. The molecule has 1 aliphatic carbocycles. The van der Waals surface area contributed by atoms with Gasteiger partial charge in [-0.1, -0.05) is 0 Å². The Labute approximate surface area is 74.2 Å². The van der Waals surface area contributed by atoms with E-state index in [2.05, 4.69) is 31.9 Å². The minimum Gasteiger partial charge on any atom is -0.289 e. The van der Waals surface area contributed by atoms with E-state index in [0.717, 1.165) is 0 Å². The Morgan fingerprint density at radius 3 is 1.50 bits per heavy atom. The Morgan fingerprint density at radius 2 is 1.20 bits per heavy atom. The van der Waals surface area contributed by atoms with Crippen LogP contribution in [0.15, 0.2) is 21.1 Å². The van der Waals surface area contributed by atoms with Crippen molar-refractivity contribution in [3.8, 4) is 0 Å². The molecule has 0 amide bonds. The van der Waals surface area contributed by atoms with Crippen molar-refractivity contribution in [3.05, 3.63) is 21.1 Å². The van der Waals surface area contributed by atoms with E-state index < -0.39 is 0 Å². The molecule has 0 atom stereocenters. The van der Waals surface area contributed by atoms with Crippen LogP contribution in [0, 0.1) is 0 Å². The van der Waals surface area contributed by atoms with Crippen LogP contribution < -0.4 is 0 Å². The van der Waals surface area contributed by atoms with Gasteiger partial charge in [-0.2, -0.15) is 0 Å². The standard InChI is InChI=1S/C6H2Br2O2/c7-5-3(9)1-2-4(10)6(5)8/h1-2H. The molecule has 0 radical (unpaired) electrons. The average Bonchev–Trinajstić information content (AvgIpc) is 1.93. The molecule has 1 rings (SSSR count). The zero-order chi connectivity index (χ0) is 7.72. The van der Waals surface area contributed by atoms with Crippen LogP contribution in [-0.2, 0) is 9.59 Å². The molecule has 4 heteroatoms. The van der Waals surface area contributed by atoms with E-state index in [4.69, 9.17) is 0 Å². The predicted molar refractivity (Wildman–Crippen MR) is 44.0 cm³/mol. The summed E-state index contributed by atoms with van der Waals surface area (Å²) >= 11 is 5.94. The molecule has 2 nitrogen and oxygen atoms in total. The number of halogens is 2. The summed E-state index contributed by atoms with van der Waals surface area (Å²) in [7, 11) is 0. The number of carbonyl (C=O) groups excluding carboxylic acids is 2. The largest absolute Gasteiger partial charge is 0.289 e. The van der Waals surface area contributed by atoms with Crippen LogP contribution in [0.3, 0.4) is 0 Å². The molecule has 0 bridgehead atoms. The summed E-state index contributed by atoms with van der Waals surface area (Å²) in [4.78, 5) is 21.6. The van der Waals surface area contributed by atoms with E-state index in [9.17, 15) is 9.59 Å². The predicted octanol–water partition coefficient (Wildman–Crippen LogP) is 1.70. The van der Waals surface area contributed by atoms with Gasteiger partial charge in [-0.05, 0) is 44.0 Å². The molecule has 0 saturated carbocycles. The fourth-order valence-corrected chi connectivity index (χ4v) is 1.17. The molecule has 0 aromatic heterocycles. The van der Waals surface area contributed by atoms with Crippen molar-refractivity contribution in [3.63, 3.8) is 0 Å². The molecule has 1 aliphatic rings. The van der Waals surface area contributed by atoms with Gasteiger partial charge in [0.2, 0.25) is 0 Å². The molecule has 0 aromatic carbocycles. The maximum Gasteiger partial charge on any atom is 0.194 e. The fraction of sp³-hybridized carbons (Fsp3) is 0. The molecule has 0 fully saturated rings.